The first-order valence-electron chi connectivity index (χ1n) is 8.58. The molecule has 1 aliphatic rings. The zero-order valence-electron chi connectivity index (χ0n) is 14.9. The first kappa shape index (κ1) is 19.2. The van der Waals surface area contributed by atoms with Crippen LogP contribution < -0.4 is 16.3 Å². The molecule has 2 amide bonds. The molecular formula is C17H21N5O4S. The number of anilines is 2. The first-order chi connectivity index (χ1) is 13.0. The van der Waals surface area contributed by atoms with Crippen LogP contribution in [0.15, 0.2) is 34.2 Å². The number of aromatic nitrogens is 3. The molecule has 0 bridgehead atoms. The van der Waals surface area contributed by atoms with E-state index in [1.54, 1.807) is 24.3 Å². The van der Waals surface area contributed by atoms with Gasteiger partial charge < -0.3 is 15.4 Å². The third-order valence-corrected chi connectivity index (χ3v) is 4.91. The molecule has 144 valence electrons. The first-order valence-corrected chi connectivity index (χ1v) is 9.57. The molecule has 1 aromatic carbocycles. The van der Waals surface area contributed by atoms with Gasteiger partial charge in [-0.25, -0.2) is 9.89 Å². The SMILES string of the molecule is CC(=O)Nc1cccc(NC(=O)CSc2n[nH]c(=O)n2CC2CCCO2)c1. The van der Waals surface area contributed by atoms with Gasteiger partial charge in [-0.05, 0) is 31.0 Å². The number of hydrogen-bond donors (Lipinski definition) is 3. The van der Waals surface area contributed by atoms with Crippen LogP contribution in [0.2, 0.25) is 0 Å². The molecule has 0 spiro atoms. The number of hydrogen-bond acceptors (Lipinski definition) is 6. The molecule has 0 saturated carbocycles. The van der Waals surface area contributed by atoms with Gasteiger partial charge in [0.25, 0.3) is 0 Å². The summed E-state index contributed by atoms with van der Waals surface area (Å²) in [5.41, 5.74) is 0.868. The molecule has 1 aromatic heterocycles. The largest absolute Gasteiger partial charge is 0.376 e. The van der Waals surface area contributed by atoms with E-state index in [0.717, 1.165) is 12.8 Å². The smallest absolute Gasteiger partial charge is 0.344 e. The van der Waals surface area contributed by atoms with Gasteiger partial charge in [-0.2, -0.15) is 0 Å². The van der Waals surface area contributed by atoms with Gasteiger partial charge in [0.1, 0.15) is 0 Å². The van der Waals surface area contributed by atoms with Crippen molar-refractivity contribution in [3.8, 4) is 0 Å². The van der Waals surface area contributed by atoms with E-state index in [1.165, 1.54) is 23.3 Å². The van der Waals surface area contributed by atoms with Crippen LogP contribution in [0.1, 0.15) is 19.8 Å². The Kier molecular flexibility index (Phi) is 6.30. The second-order valence-corrected chi connectivity index (χ2v) is 7.10. The number of rotatable bonds is 7. The Bertz CT molecular complexity index is 872. The van der Waals surface area contributed by atoms with Crippen molar-refractivity contribution in [2.45, 2.75) is 37.6 Å². The molecule has 3 rings (SSSR count). The Morgan fingerprint density at radius 1 is 1.37 bits per heavy atom. The fourth-order valence-corrected chi connectivity index (χ4v) is 3.53. The van der Waals surface area contributed by atoms with Gasteiger partial charge >= 0.3 is 5.69 Å². The molecule has 0 radical (unpaired) electrons. The van der Waals surface area contributed by atoms with Crippen LogP contribution in [0.25, 0.3) is 0 Å². The fourth-order valence-electron chi connectivity index (χ4n) is 2.77. The molecule has 1 saturated heterocycles. The average Bonchev–Trinajstić information content (AvgIpc) is 3.24. The van der Waals surface area contributed by atoms with Gasteiger partial charge in [0.2, 0.25) is 11.8 Å². The summed E-state index contributed by atoms with van der Waals surface area (Å²) in [6.45, 7) is 2.56. The number of amides is 2. The molecule has 2 aromatic rings. The highest BCUT2D eigenvalue weighted by molar-refractivity contribution is 7.99. The summed E-state index contributed by atoms with van der Waals surface area (Å²) in [5.74, 6) is -0.323. The van der Waals surface area contributed by atoms with Crippen molar-refractivity contribution in [2.75, 3.05) is 23.0 Å². The number of H-pyrrole nitrogens is 1. The van der Waals surface area contributed by atoms with Crippen molar-refractivity contribution in [3.63, 3.8) is 0 Å². The van der Waals surface area contributed by atoms with E-state index < -0.39 is 0 Å². The van der Waals surface area contributed by atoms with E-state index in [2.05, 4.69) is 20.8 Å². The van der Waals surface area contributed by atoms with Crippen LogP contribution in [0, 0.1) is 0 Å². The molecule has 27 heavy (non-hydrogen) atoms. The maximum Gasteiger partial charge on any atom is 0.344 e. The van der Waals surface area contributed by atoms with Crippen LogP contribution in [0.5, 0.6) is 0 Å². The second-order valence-electron chi connectivity index (χ2n) is 6.16. The standard InChI is InChI=1S/C17H21N5O4S/c1-11(23)18-12-4-2-5-13(8-12)19-15(24)10-27-17-21-20-16(25)22(17)9-14-6-3-7-26-14/h2,4-5,8,14H,3,6-7,9-10H2,1H3,(H,18,23)(H,19,24)(H,20,25). The Labute approximate surface area is 159 Å². The number of benzene rings is 1. The number of ether oxygens (including phenoxy) is 1. The van der Waals surface area contributed by atoms with Gasteiger partial charge in [-0.1, -0.05) is 17.8 Å². The van der Waals surface area contributed by atoms with Gasteiger partial charge in [0.05, 0.1) is 18.4 Å². The summed E-state index contributed by atoms with van der Waals surface area (Å²) in [7, 11) is 0. The third-order valence-electron chi connectivity index (χ3n) is 3.93. The van der Waals surface area contributed by atoms with Gasteiger partial charge in [-0.15, -0.1) is 5.10 Å². The van der Waals surface area contributed by atoms with Crippen molar-refractivity contribution < 1.29 is 14.3 Å². The molecule has 1 fully saturated rings. The average molecular weight is 391 g/mol. The van der Waals surface area contributed by atoms with Crippen molar-refractivity contribution in [1.29, 1.82) is 0 Å². The highest BCUT2D eigenvalue weighted by atomic mass is 32.2. The highest BCUT2D eigenvalue weighted by Gasteiger charge is 2.20. The van der Waals surface area contributed by atoms with Crippen molar-refractivity contribution >= 4 is 35.0 Å². The lowest BCUT2D eigenvalue weighted by Gasteiger charge is -2.11. The molecule has 1 unspecified atom stereocenters. The number of thioether (sulfide) groups is 1. The molecule has 1 aliphatic heterocycles. The maximum atomic E-state index is 12.2. The number of carbonyl (C=O) groups is 2. The van der Waals surface area contributed by atoms with E-state index in [-0.39, 0.29) is 29.4 Å². The monoisotopic (exact) mass is 391 g/mol. The van der Waals surface area contributed by atoms with Crippen LogP contribution in [-0.2, 0) is 20.9 Å². The quantitative estimate of drug-likeness (QED) is 0.615. The lowest BCUT2D eigenvalue weighted by molar-refractivity contribution is -0.114. The van der Waals surface area contributed by atoms with E-state index >= 15 is 0 Å². The molecule has 2 heterocycles. The summed E-state index contributed by atoms with van der Waals surface area (Å²) < 4.78 is 7.06. The summed E-state index contributed by atoms with van der Waals surface area (Å²) in [4.78, 5) is 35.3. The Hall–Kier alpha value is -2.59. The fraction of sp³-hybridized carbons (Fsp3) is 0.412. The third kappa shape index (κ3) is 5.44. The lowest BCUT2D eigenvalue weighted by atomic mass is 10.2. The zero-order valence-corrected chi connectivity index (χ0v) is 15.7. The van der Waals surface area contributed by atoms with Crippen LogP contribution in [0.4, 0.5) is 11.4 Å². The molecule has 3 N–H and O–H groups in total. The summed E-state index contributed by atoms with van der Waals surface area (Å²) in [6.07, 6.45) is 1.90. The Morgan fingerprint density at radius 3 is 2.85 bits per heavy atom. The number of nitrogens with one attached hydrogen (secondary N) is 3. The van der Waals surface area contributed by atoms with E-state index in [4.69, 9.17) is 4.74 Å². The molecular weight excluding hydrogens is 370 g/mol. The predicted molar refractivity (Wildman–Crippen MR) is 102 cm³/mol. The van der Waals surface area contributed by atoms with Crippen LogP contribution >= 0.6 is 11.8 Å². The second kappa shape index (κ2) is 8.87. The summed E-state index contributed by atoms with van der Waals surface area (Å²) >= 11 is 1.18. The minimum atomic E-state index is -0.309. The van der Waals surface area contributed by atoms with Crippen molar-refractivity contribution in [3.05, 3.63) is 34.7 Å². The Morgan fingerprint density at radius 2 is 2.15 bits per heavy atom. The molecule has 10 heteroatoms. The number of carbonyl (C=O) groups excluding carboxylic acids is 2. The van der Waals surface area contributed by atoms with E-state index in [1.807, 2.05) is 0 Å². The van der Waals surface area contributed by atoms with Crippen LogP contribution in [0.3, 0.4) is 0 Å². The predicted octanol–water partition coefficient (Wildman–Crippen LogP) is 1.44. The molecule has 0 aliphatic carbocycles. The topological polar surface area (TPSA) is 118 Å². The zero-order chi connectivity index (χ0) is 19.2. The number of aromatic amines is 1. The van der Waals surface area contributed by atoms with Crippen molar-refractivity contribution in [1.82, 2.24) is 14.8 Å². The minimum absolute atomic E-state index is 0.00462. The molecule has 1 atom stereocenters. The van der Waals surface area contributed by atoms with Gasteiger partial charge in [0.15, 0.2) is 5.16 Å². The lowest BCUT2D eigenvalue weighted by Crippen LogP contribution is -2.25. The van der Waals surface area contributed by atoms with E-state index in [0.29, 0.717) is 29.7 Å². The maximum absolute atomic E-state index is 12.2. The minimum Gasteiger partial charge on any atom is -0.376 e. The van der Waals surface area contributed by atoms with Gasteiger partial charge in [0, 0.05) is 24.9 Å². The van der Waals surface area contributed by atoms with Crippen LogP contribution in [-0.4, -0.2) is 45.0 Å². The Balaban J connectivity index is 1.56. The normalized spacial score (nSPS) is 16.3. The van der Waals surface area contributed by atoms with Gasteiger partial charge in [-0.3, -0.25) is 14.2 Å². The van der Waals surface area contributed by atoms with Crippen molar-refractivity contribution in [2.24, 2.45) is 0 Å². The highest BCUT2D eigenvalue weighted by Crippen LogP contribution is 2.19. The summed E-state index contributed by atoms with van der Waals surface area (Å²) in [5, 5.41) is 12.3. The molecule has 9 nitrogen and oxygen atoms in total. The van der Waals surface area contributed by atoms with E-state index in [9.17, 15) is 14.4 Å². The summed E-state index contributed by atoms with van der Waals surface area (Å²) in [6, 6.07) is 6.88. The number of nitrogens with zero attached hydrogens (tertiary/aromatic N) is 2.